The molecule has 3 heterocycles. The minimum atomic E-state index is 0.792. The van der Waals surface area contributed by atoms with Gasteiger partial charge in [0.2, 0.25) is 0 Å². The van der Waals surface area contributed by atoms with Crippen LogP contribution in [0.5, 0.6) is 0 Å². The van der Waals surface area contributed by atoms with Gasteiger partial charge in [0.1, 0.15) is 5.82 Å². The van der Waals surface area contributed by atoms with Gasteiger partial charge < -0.3 is 10.6 Å². The highest BCUT2D eigenvalue weighted by molar-refractivity contribution is 9.10. The van der Waals surface area contributed by atoms with Gasteiger partial charge >= 0.3 is 0 Å². The van der Waals surface area contributed by atoms with Gasteiger partial charge in [-0.15, -0.1) is 11.3 Å². The Hall–Kier alpha value is -2.55. The number of aldehydes is 1. The molecule has 0 amide bonds. The van der Waals surface area contributed by atoms with Crippen LogP contribution in [0.25, 0.3) is 16.9 Å². The summed E-state index contributed by atoms with van der Waals surface area (Å²) in [6, 6.07) is 14.0. The molecule has 0 atom stereocenters. The number of halogens is 1. The first-order chi connectivity index (χ1) is 14.1. The Morgan fingerprint density at radius 3 is 2.69 bits per heavy atom. The van der Waals surface area contributed by atoms with Crippen LogP contribution in [0.4, 0.5) is 5.82 Å². The second-order valence-corrected chi connectivity index (χ2v) is 8.07. The molecule has 0 radical (unpaired) electrons. The fourth-order valence-electron chi connectivity index (χ4n) is 2.73. The summed E-state index contributed by atoms with van der Waals surface area (Å²) in [6.45, 7) is 3.80. The summed E-state index contributed by atoms with van der Waals surface area (Å²) >= 11 is 4.98. The topological polar surface area (TPSA) is 71.3 Å². The number of fused-ring (bicyclic) bond motifs is 1. The van der Waals surface area contributed by atoms with E-state index in [0.717, 1.165) is 51.4 Å². The van der Waals surface area contributed by atoms with Gasteiger partial charge in [0, 0.05) is 24.7 Å². The summed E-state index contributed by atoms with van der Waals surface area (Å²) in [6.07, 6.45) is 2.62. The van der Waals surface area contributed by atoms with Crippen molar-refractivity contribution < 1.29 is 4.79 Å². The van der Waals surface area contributed by atoms with Gasteiger partial charge in [-0.2, -0.15) is 9.61 Å². The fourth-order valence-corrected chi connectivity index (χ4v) is 3.61. The van der Waals surface area contributed by atoms with E-state index >= 15 is 0 Å². The van der Waals surface area contributed by atoms with Gasteiger partial charge in [-0.25, -0.2) is 4.98 Å². The van der Waals surface area contributed by atoms with Gasteiger partial charge in [0.25, 0.3) is 0 Å². The molecule has 0 unspecified atom stereocenters. The van der Waals surface area contributed by atoms with Gasteiger partial charge in [0.05, 0.1) is 21.2 Å². The van der Waals surface area contributed by atoms with Crippen LogP contribution in [0, 0.1) is 6.92 Å². The number of rotatable bonds is 6. The van der Waals surface area contributed by atoms with Gasteiger partial charge in [-0.05, 0) is 46.9 Å². The first-order valence-corrected chi connectivity index (χ1v) is 10.8. The van der Waals surface area contributed by atoms with Crippen molar-refractivity contribution in [3.63, 3.8) is 0 Å². The van der Waals surface area contributed by atoms with E-state index in [1.807, 2.05) is 41.2 Å². The highest BCUT2D eigenvalue weighted by Crippen LogP contribution is 2.27. The summed E-state index contributed by atoms with van der Waals surface area (Å²) in [7, 11) is 1.94. The number of nitrogens with one attached hydrogen (secondary N) is 2. The number of aromatic nitrogens is 3. The predicted octanol–water partition coefficient (Wildman–Crippen LogP) is 4.66. The fraction of sp³-hybridized carbons (Fsp3) is 0.190. The lowest BCUT2D eigenvalue weighted by molar-refractivity contribution is 0.112. The Morgan fingerprint density at radius 1 is 1.21 bits per heavy atom. The lowest BCUT2D eigenvalue weighted by atomic mass is 10.1. The molecule has 0 aliphatic heterocycles. The van der Waals surface area contributed by atoms with E-state index in [4.69, 9.17) is 4.98 Å². The predicted molar refractivity (Wildman–Crippen MR) is 123 cm³/mol. The van der Waals surface area contributed by atoms with Crippen LogP contribution in [0.15, 0.2) is 58.5 Å². The van der Waals surface area contributed by atoms with Gasteiger partial charge in [-0.1, -0.05) is 30.3 Å². The normalized spacial score (nSPS) is 10.4. The summed E-state index contributed by atoms with van der Waals surface area (Å²) in [5, 5.41) is 12.8. The molecule has 0 saturated heterocycles. The molecule has 1 aromatic carbocycles. The monoisotopic (exact) mass is 471 g/mol. The number of hydrogen-bond donors (Lipinski definition) is 2. The van der Waals surface area contributed by atoms with Crippen molar-refractivity contribution in [3.8, 4) is 11.3 Å². The Labute approximate surface area is 182 Å². The summed E-state index contributed by atoms with van der Waals surface area (Å²) in [4.78, 5) is 15.4. The lowest BCUT2D eigenvalue weighted by Gasteiger charge is -2.11. The molecule has 0 fully saturated rings. The molecule has 0 saturated carbocycles. The minimum Gasteiger partial charge on any atom is -0.369 e. The SMILES string of the molecule is CNCCNc1cc(-c2ccccc2C)nc2c(Br)cnn12.O=Cc1cccs1. The van der Waals surface area contributed by atoms with Crippen molar-refractivity contribution in [1.29, 1.82) is 0 Å². The van der Waals surface area contributed by atoms with E-state index in [9.17, 15) is 4.79 Å². The third-order valence-corrected chi connectivity index (χ3v) is 5.55. The highest BCUT2D eigenvalue weighted by Gasteiger charge is 2.12. The first-order valence-electron chi connectivity index (χ1n) is 9.11. The summed E-state index contributed by atoms with van der Waals surface area (Å²) in [5.74, 6) is 0.934. The van der Waals surface area contributed by atoms with E-state index in [1.54, 1.807) is 12.3 Å². The second kappa shape index (κ2) is 10.3. The van der Waals surface area contributed by atoms with Crippen LogP contribution in [0.2, 0.25) is 0 Å². The van der Waals surface area contributed by atoms with Crippen LogP contribution in [0.1, 0.15) is 15.2 Å². The Morgan fingerprint density at radius 2 is 2.03 bits per heavy atom. The van der Waals surface area contributed by atoms with E-state index in [0.29, 0.717) is 0 Å². The van der Waals surface area contributed by atoms with Crippen molar-refractivity contribution in [3.05, 3.63) is 69.0 Å². The molecule has 3 aromatic heterocycles. The zero-order valence-electron chi connectivity index (χ0n) is 16.2. The zero-order chi connectivity index (χ0) is 20.6. The van der Waals surface area contributed by atoms with E-state index in [2.05, 4.69) is 50.7 Å². The largest absolute Gasteiger partial charge is 0.369 e. The average molecular weight is 472 g/mol. The maximum Gasteiger partial charge on any atom is 0.172 e. The molecule has 0 spiro atoms. The molecule has 150 valence electrons. The molecule has 0 aliphatic carbocycles. The van der Waals surface area contributed by atoms with Crippen LogP contribution < -0.4 is 10.6 Å². The van der Waals surface area contributed by atoms with E-state index in [1.165, 1.54) is 16.9 Å². The second-order valence-electron chi connectivity index (χ2n) is 6.23. The van der Waals surface area contributed by atoms with Gasteiger partial charge in [0.15, 0.2) is 11.9 Å². The van der Waals surface area contributed by atoms with Crippen LogP contribution >= 0.6 is 27.3 Å². The van der Waals surface area contributed by atoms with Crippen molar-refractivity contribution in [1.82, 2.24) is 19.9 Å². The molecule has 0 bridgehead atoms. The Kier molecular flexibility index (Phi) is 7.51. The number of carbonyl (C=O) groups is 1. The molecule has 4 aromatic rings. The standard InChI is InChI=1S/C16H18BrN5.C5H4OS/c1-11-5-3-4-6-12(11)14-9-15(19-8-7-18-2)22-16(21-14)13(17)10-20-22;6-4-5-2-1-3-7-5/h3-6,9-10,18-19H,7-8H2,1-2H3;1-4H. The smallest absolute Gasteiger partial charge is 0.172 e. The number of aryl methyl sites for hydroxylation is 1. The average Bonchev–Trinajstić information content (AvgIpc) is 3.39. The number of thiophene rings is 1. The van der Waals surface area contributed by atoms with Gasteiger partial charge in [-0.3, -0.25) is 4.79 Å². The molecule has 2 N–H and O–H groups in total. The van der Waals surface area contributed by atoms with Crippen molar-refractivity contribution >= 4 is 45.0 Å². The Bertz CT molecular complexity index is 1080. The number of benzene rings is 1. The number of anilines is 1. The summed E-state index contributed by atoms with van der Waals surface area (Å²) in [5.41, 5.74) is 4.09. The lowest BCUT2D eigenvalue weighted by Crippen LogP contribution is -2.19. The van der Waals surface area contributed by atoms with Crippen LogP contribution in [-0.2, 0) is 0 Å². The molecular formula is C21H22BrN5OS. The number of likely N-dealkylation sites (N-methyl/N-ethyl adjacent to an activating group) is 1. The third kappa shape index (κ3) is 5.29. The summed E-state index contributed by atoms with van der Waals surface area (Å²) < 4.78 is 2.71. The van der Waals surface area contributed by atoms with E-state index < -0.39 is 0 Å². The Balaban J connectivity index is 0.000000290. The van der Waals surface area contributed by atoms with Crippen molar-refractivity contribution in [2.45, 2.75) is 6.92 Å². The van der Waals surface area contributed by atoms with Crippen molar-refractivity contribution in [2.75, 3.05) is 25.5 Å². The molecule has 29 heavy (non-hydrogen) atoms. The molecule has 4 rings (SSSR count). The molecule has 8 heteroatoms. The molecule has 6 nitrogen and oxygen atoms in total. The van der Waals surface area contributed by atoms with Crippen LogP contribution in [0.3, 0.4) is 0 Å². The zero-order valence-corrected chi connectivity index (χ0v) is 18.6. The minimum absolute atomic E-state index is 0.792. The first kappa shape index (κ1) is 21.2. The third-order valence-electron chi connectivity index (χ3n) is 4.19. The van der Waals surface area contributed by atoms with Crippen LogP contribution in [-0.4, -0.2) is 41.0 Å². The number of nitrogens with zero attached hydrogens (tertiary/aromatic N) is 3. The molecule has 0 aliphatic rings. The number of hydrogen-bond acceptors (Lipinski definition) is 6. The number of carbonyl (C=O) groups excluding carboxylic acids is 1. The van der Waals surface area contributed by atoms with E-state index in [-0.39, 0.29) is 0 Å². The maximum absolute atomic E-state index is 9.88. The maximum atomic E-state index is 9.88. The highest BCUT2D eigenvalue weighted by atomic mass is 79.9. The molecular weight excluding hydrogens is 450 g/mol. The van der Waals surface area contributed by atoms with Crippen molar-refractivity contribution in [2.24, 2.45) is 0 Å². The quantitative estimate of drug-likeness (QED) is 0.316.